The highest BCUT2D eigenvalue weighted by Crippen LogP contribution is 2.18. The van der Waals surface area contributed by atoms with Crippen molar-refractivity contribution in [2.45, 2.75) is 0 Å². The molecule has 0 radical (unpaired) electrons. The van der Waals surface area contributed by atoms with Crippen molar-refractivity contribution in [3.63, 3.8) is 0 Å². The van der Waals surface area contributed by atoms with Gasteiger partial charge in [-0.15, -0.1) is 0 Å². The van der Waals surface area contributed by atoms with Crippen molar-refractivity contribution < 1.29 is 9.18 Å². The van der Waals surface area contributed by atoms with Gasteiger partial charge in [0.1, 0.15) is 5.82 Å². The fourth-order valence-electron chi connectivity index (χ4n) is 1.25. The van der Waals surface area contributed by atoms with E-state index in [0.717, 1.165) is 12.3 Å². The topological polar surface area (TPSA) is 41.5 Å². The molecule has 0 unspecified atom stereocenters. The van der Waals surface area contributed by atoms with E-state index in [2.05, 4.69) is 26.2 Å². The van der Waals surface area contributed by atoms with Gasteiger partial charge in [0.15, 0.2) is 5.17 Å². The predicted octanol–water partition coefficient (Wildman–Crippen LogP) is 2.42. The first-order valence-corrected chi connectivity index (χ1v) is 6.38. The van der Waals surface area contributed by atoms with Gasteiger partial charge in [-0.2, -0.15) is 0 Å². The van der Waals surface area contributed by atoms with Crippen molar-refractivity contribution in [3.8, 4) is 0 Å². The predicted molar refractivity (Wildman–Crippen MR) is 66.3 cm³/mol. The minimum absolute atomic E-state index is 0.278. The molecule has 0 saturated heterocycles. The smallest absolute Gasteiger partial charge is 0.258 e. The van der Waals surface area contributed by atoms with Crippen LogP contribution >= 0.6 is 27.7 Å². The number of aliphatic imine (C=N–C) groups is 1. The summed E-state index contributed by atoms with van der Waals surface area (Å²) in [6.45, 7) is 0.727. The Morgan fingerprint density at radius 1 is 1.56 bits per heavy atom. The van der Waals surface area contributed by atoms with Crippen LogP contribution in [0.5, 0.6) is 0 Å². The molecule has 0 fully saturated rings. The van der Waals surface area contributed by atoms with E-state index in [9.17, 15) is 9.18 Å². The first-order chi connectivity index (χ1) is 7.66. The largest absolute Gasteiger partial charge is 0.301 e. The average Bonchev–Trinajstić information content (AvgIpc) is 2.70. The van der Waals surface area contributed by atoms with Gasteiger partial charge in [-0.1, -0.05) is 11.8 Å². The number of rotatable bonds is 1. The second-order valence-electron chi connectivity index (χ2n) is 3.11. The number of amidine groups is 1. The molecule has 1 aliphatic heterocycles. The zero-order chi connectivity index (χ0) is 11.5. The van der Waals surface area contributed by atoms with Crippen molar-refractivity contribution >= 4 is 38.8 Å². The first-order valence-electron chi connectivity index (χ1n) is 4.60. The third kappa shape index (κ3) is 2.62. The molecule has 0 aliphatic carbocycles. The molecular formula is C10H8BrFN2OS. The van der Waals surface area contributed by atoms with Crippen LogP contribution in [0, 0.1) is 5.82 Å². The normalized spacial score (nSPS) is 14.8. The molecule has 1 heterocycles. The Bertz CT molecular complexity index is 464. The fourth-order valence-corrected chi connectivity index (χ4v) is 2.50. The Kier molecular flexibility index (Phi) is 3.60. The molecule has 0 atom stereocenters. The quantitative estimate of drug-likeness (QED) is 0.865. The highest BCUT2D eigenvalue weighted by atomic mass is 79.9. The van der Waals surface area contributed by atoms with Crippen molar-refractivity contribution in [2.75, 3.05) is 12.3 Å². The molecule has 1 aliphatic rings. The second-order valence-corrected chi connectivity index (χ2v) is 5.05. The van der Waals surface area contributed by atoms with E-state index in [0.29, 0.717) is 15.2 Å². The molecule has 0 bridgehead atoms. The number of amides is 1. The lowest BCUT2D eigenvalue weighted by molar-refractivity contribution is 0.0977. The van der Waals surface area contributed by atoms with E-state index in [1.54, 1.807) is 0 Å². The highest BCUT2D eigenvalue weighted by molar-refractivity contribution is 9.10. The Hall–Kier alpha value is -0.880. The number of hydrogen-bond acceptors (Lipinski definition) is 3. The molecular weight excluding hydrogens is 295 g/mol. The number of benzene rings is 1. The average molecular weight is 303 g/mol. The van der Waals surface area contributed by atoms with Crippen molar-refractivity contribution in [3.05, 3.63) is 34.1 Å². The van der Waals surface area contributed by atoms with Crippen LogP contribution in [-0.4, -0.2) is 23.4 Å². The van der Waals surface area contributed by atoms with Crippen LogP contribution in [0.4, 0.5) is 4.39 Å². The number of halogens is 2. The van der Waals surface area contributed by atoms with E-state index >= 15 is 0 Å². The Morgan fingerprint density at radius 3 is 3.00 bits per heavy atom. The van der Waals surface area contributed by atoms with Crippen molar-refractivity contribution in [1.82, 2.24) is 5.32 Å². The molecule has 16 heavy (non-hydrogen) atoms. The SMILES string of the molecule is O=C(NC1=NCCS1)c1ccc(F)cc1Br. The zero-order valence-electron chi connectivity index (χ0n) is 8.17. The summed E-state index contributed by atoms with van der Waals surface area (Å²) in [6.07, 6.45) is 0. The maximum atomic E-state index is 12.8. The monoisotopic (exact) mass is 302 g/mol. The maximum Gasteiger partial charge on any atom is 0.258 e. The number of thioether (sulfide) groups is 1. The summed E-state index contributed by atoms with van der Waals surface area (Å²) in [4.78, 5) is 15.9. The van der Waals surface area contributed by atoms with E-state index in [4.69, 9.17) is 0 Å². The summed E-state index contributed by atoms with van der Waals surface area (Å²) in [5, 5.41) is 3.30. The van der Waals surface area contributed by atoms with Crippen LogP contribution in [0.3, 0.4) is 0 Å². The minimum Gasteiger partial charge on any atom is -0.301 e. The van der Waals surface area contributed by atoms with Gasteiger partial charge in [0, 0.05) is 10.2 Å². The van der Waals surface area contributed by atoms with E-state index in [1.807, 2.05) is 0 Å². The number of carbonyl (C=O) groups is 1. The lowest BCUT2D eigenvalue weighted by atomic mass is 10.2. The third-order valence-electron chi connectivity index (χ3n) is 1.98. The molecule has 0 spiro atoms. The van der Waals surface area contributed by atoms with Gasteiger partial charge in [0.2, 0.25) is 0 Å². The van der Waals surface area contributed by atoms with E-state index < -0.39 is 0 Å². The number of carbonyl (C=O) groups excluding carboxylic acids is 1. The molecule has 1 aromatic carbocycles. The zero-order valence-corrected chi connectivity index (χ0v) is 10.6. The highest BCUT2D eigenvalue weighted by Gasteiger charge is 2.15. The Balaban J connectivity index is 2.14. The maximum absolute atomic E-state index is 12.8. The molecule has 2 rings (SSSR count). The molecule has 6 heteroatoms. The van der Waals surface area contributed by atoms with Crippen LogP contribution in [-0.2, 0) is 0 Å². The molecule has 1 N–H and O–H groups in total. The van der Waals surface area contributed by atoms with Gasteiger partial charge in [-0.3, -0.25) is 9.79 Å². The first kappa shape index (κ1) is 11.6. The van der Waals surface area contributed by atoms with Gasteiger partial charge in [0.05, 0.1) is 12.1 Å². The van der Waals surface area contributed by atoms with Gasteiger partial charge in [0.25, 0.3) is 5.91 Å². The van der Waals surface area contributed by atoms with Crippen LogP contribution < -0.4 is 5.32 Å². The Morgan fingerprint density at radius 2 is 2.38 bits per heavy atom. The van der Waals surface area contributed by atoms with Gasteiger partial charge in [-0.25, -0.2) is 4.39 Å². The lowest BCUT2D eigenvalue weighted by Gasteiger charge is -2.05. The molecule has 0 saturated carbocycles. The Labute approximate surface area is 105 Å². The van der Waals surface area contributed by atoms with E-state index in [1.165, 1.54) is 30.0 Å². The fraction of sp³-hybridized carbons (Fsp3) is 0.200. The standard InChI is InChI=1S/C10H8BrFN2OS/c11-8-5-6(12)1-2-7(8)9(15)14-10-13-3-4-16-10/h1-2,5H,3-4H2,(H,13,14,15). The van der Waals surface area contributed by atoms with E-state index in [-0.39, 0.29) is 11.7 Å². The molecule has 1 amide bonds. The number of hydrogen-bond donors (Lipinski definition) is 1. The number of nitrogens with zero attached hydrogens (tertiary/aromatic N) is 1. The molecule has 0 aromatic heterocycles. The summed E-state index contributed by atoms with van der Waals surface area (Å²) in [5.74, 6) is 0.233. The summed E-state index contributed by atoms with van der Waals surface area (Å²) in [6, 6.07) is 3.96. The number of nitrogens with one attached hydrogen (secondary N) is 1. The van der Waals surface area contributed by atoms with Crippen LogP contribution in [0.15, 0.2) is 27.7 Å². The van der Waals surface area contributed by atoms with Gasteiger partial charge >= 0.3 is 0 Å². The molecule has 3 nitrogen and oxygen atoms in total. The van der Waals surface area contributed by atoms with Crippen LogP contribution in [0.2, 0.25) is 0 Å². The van der Waals surface area contributed by atoms with Gasteiger partial charge in [-0.05, 0) is 34.1 Å². The second kappa shape index (κ2) is 4.97. The van der Waals surface area contributed by atoms with Crippen molar-refractivity contribution in [1.29, 1.82) is 0 Å². The van der Waals surface area contributed by atoms with Crippen molar-refractivity contribution in [2.24, 2.45) is 4.99 Å². The molecule has 1 aromatic rings. The molecule has 84 valence electrons. The van der Waals surface area contributed by atoms with Gasteiger partial charge < -0.3 is 5.32 Å². The minimum atomic E-state index is -0.379. The third-order valence-corrected chi connectivity index (χ3v) is 3.53. The van der Waals surface area contributed by atoms with Crippen LogP contribution in [0.1, 0.15) is 10.4 Å². The summed E-state index contributed by atoms with van der Waals surface area (Å²) in [7, 11) is 0. The van der Waals surface area contributed by atoms with Crippen LogP contribution in [0.25, 0.3) is 0 Å². The summed E-state index contributed by atoms with van der Waals surface area (Å²) in [5.41, 5.74) is 0.400. The summed E-state index contributed by atoms with van der Waals surface area (Å²) >= 11 is 4.65. The summed E-state index contributed by atoms with van der Waals surface area (Å²) < 4.78 is 13.3. The lowest BCUT2D eigenvalue weighted by Crippen LogP contribution is -2.27.